The molecule has 0 atom stereocenters. The SMILES string of the molecule is Cc1ccc(C(=O)NCCCl)c(Cl)c1. The molecule has 76 valence electrons. The molecule has 0 unspecified atom stereocenters. The maximum absolute atomic E-state index is 11.5. The summed E-state index contributed by atoms with van der Waals surface area (Å²) in [6.45, 7) is 2.37. The number of carbonyl (C=O) groups is 1. The second-order valence-electron chi connectivity index (χ2n) is 2.93. The van der Waals surface area contributed by atoms with Crippen LogP contribution >= 0.6 is 23.2 Å². The standard InChI is InChI=1S/C10H11Cl2NO/c1-7-2-3-8(9(12)6-7)10(14)13-5-4-11/h2-3,6H,4-5H2,1H3,(H,13,14). The third kappa shape index (κ3) is 2.89. The molecule has 0 spiro atoms. The Morgan fingerprint density at radius 1 is 1.50 bits per heavy atom. The summed E-state index contributed by atoms with van der Waals surface area (Å²) in [7, 11) is 0. The molecule has 0 aliphatic heterocycles. The maximum Gasteiger partial charge on any atom is 0.252 e. The Labute approximate surface area is 93.2 Å². The lowest BCUT2D eigenvalue weighted by Crippen LogP contribution is -2.25. The van der Waals surface area contributed by atoms with Crippen molar-refractivity contribution in [3.63, 3.8) is 0 Å². The number of nitrogens with one attached hydrogen (secondary N) is 1. The number of benzene rings is 1. The van der Waals surface area contributed by atoms with Crippen molar-refractivity contribution in [2.24, 2.45) is 0 Å². The van der Waals surface area contributed by atoms with Crippen molar-refractivity contribution in [3.05, 3.63) is 34.3 Å². The topological polar surface area (TPSA) is 29.1 Å². The van der Waals surface area contributed by atoms with Gasteiger partial charge in [-0.2, -0.15) is 0 Å². The molecule has 0 radical (unpaired) electrons. The van der Waals surface area contributed by atoms with Crippen molar-refractivity contribution in [1.82, 2.24) is 5.32 Å². The van der Waals surface area contributed by atoms with E-state index in [1.807, 2.05) is 13.0 Å². The average molecular weight is 232 g/mol. The summed E-state index contributed by atoms with van der Waals surface area (Å²) in [5.74, 6) is 0.213. The largest absolute Gasteiger partial charge is 0.351 e. The van der Waals surface area contributed by atoms with Gasteiger partial charge in [0.15, 0.2) is 0 Å². The summed E-state index contributed by atoms with van der Waals surface area (Å²) in [5, 5.41) is 3.12. The Morgan fingerprint density at radius 3 is 2.79 bits per heavy atom. The van der Waals surface area contributed by atoms with Crippen LogP contribution < -0.4 is 5.32 Å². The molecule has 0 bridgehead atoms. The molecule has 0 aliphatic carbocycles. The predicted octanol–water partition coefficient (Wildman–Crippen LogP) is 2.62. The van der Waals surface area contributed by atoms with Crippen LogP contribution in [0.2, 0.25) is 5.02 Å². The molecule has 1 aromatic rings. The Morgan fingerprint density at radius 2 is 2.21 bits per heavy atom. The molecule has 1 rings (SSSR count). The smallest absolute Gasteiger partial charge is 0.252 e. The van der Waals surface area contributed by atoms with Gasteiger partial charge < -0.3 is 5.32 Å². The summed E-state index contributed by atoms with van der Waals surface area (Å²) in [6.07, 6.45) is 0. The second-order valence-corrected chi connectivity index (χ2v) is 3.71. The molecule has 0 saturated carbocycles. The molecule has 14 heavy (non-hydrogen) atoms. The van der Waals surface area contributed by atoms with E-state index in [2.05, 4.69) is 5.32 Å². The van der Waals surface area contributed by atoms with Crippen molar-refractivity contribution >= 4 is 29.1 Å². The van der Waals surface area contributed by atoms with Gasteiger partial charge in [0.05, 0.1) is 10.6 Å². The molecule has 1 N–H and O–H groups in total. The van der Waals surface area contributed by atoms with Gasteiger partial charge in [0.2, 0.25) is 0 Å². The van der Waals surface area contributed by atoms with Gasteiger partial charge in [-0.05, 0) is 24.6 Å². The molecule has 0 aromatic heterocycles. The molecular formula is C10H11Cl2NO. The highest BCUT2D eigenvalue weighted by Crippen LogP contribution is 2.17. The molecule has 0 heterocycles. The number of alkyl halides is 1. The summed E-state index contributed by atoms with van der Waals surface area (Å²) in [6, 6.07) is 5.32. The molecular weight excluding hydrogens is 221 g/mol. The van der Waals surface area contributed by atoms with Gasteiger partial charge in [0, 0.05) is 12.4 Å². The van der Waals surface area contributed by atoms with Gasteiger partial charge in [-0.1, -0.05) is 17.7 Å². The fourth-order valence-corrected chi connectivity index (χ4v) is 1.48. The lowest BCUT2D eigenvalue weighted by molar-refractivity contribution is 0.0956. The molecule has 0 fully saturated rings. The van der Waals surface area contributed by atoms with E-state index < -0.39 is 0 Å². The summed E-state index contributed by atoms with van der Waals surface area (Å²) in [4.78, 5) is 11.5. The van der Waals surface area contributed by atoms with Gasteiger partial charge in [-0.15, -0.1) is 11.6 Å². The van der Waals surface area contributed by atoms with Gasteiger partial charge >= 0.3 is 0 Å². The Bertz CT molecular complexity index is 339. The number of hydrogen-bond acceptors (Lipinski definition) is 1. The van der Waals surface area contributed by atoms with Crippen LogP contribution in [0.5, 0.6) is 0 Å². The first-order valence-electron chi connectivity index (χ1n) is 4.25. The molecule has 1 aromatic carbocycles. The van der Waals surface area contributed by atoms with E-state index in [1.165, 1.54) is 0 Å². The second kappa shape index (κ2) is 5.23. The van der Waals surface area contributed by atoms with Crippen LogP contribution in [0.15, 0.2) is 18.2 Å². The summed E-state index contributed by atoms with van der Waals surface area (Å²) >= 11 is 11.4. The summed E-state index contributed by atoms with van der Waals surface area (Å²) < 4.78 is 0. The molecule has 0 saturated heterocycles. The van der Waals surface area contributed by atoms with E-state index in [1.54, 1.807) is 12.1 Å². The van der Waals surface area contributed by atoms with E-state index in [9.17, 15) is 4.79 Å². The lowest BCUT2D eigenvalue weighted by atomic mass is 10.1. The number of halogens is 2. The van der Waals surface area contributed by atoms with Crippen LogP contribution in [0.4, 0.5) is 0 Å². The minimum Gasteiger partial charge on any atom is -0.351 e. The van der Waals surface area contributed by atoms with Crippen LogP contribution in [0.1, 0.15) is 15.9 Å². The molecule has 4 heteroatoms. The van der Waals surface area contributed by atoms with Gasteiger partial charge in [-0.3, -0.25) is 4.79 Å². The highest BCUT2D eigenvalue weighted by Gasteiger charge is 2.08. The quantitative estimate of drug-likeness (QED) is 0.797. The molecule has 0 aliphatic rings. The zero-order valence-electron chi connectivity index (χ0n) is 7.81. The van der Waals surface area contributed by atoms with Crippen molar-refractivity contribution in [3.8, 4) is 0 Å². The van der Waals surface area contributed by atoms with E-state index in [4.69, 9.17) is 23.2 Å². The van der Waals surface area contributed by atoms with Gasteiger partial charge in [0.25, 0.3) is 5.91 Å². The van der Waals surface area contributed by atoms with Gasteiger partial charge in [0.1, 0.15) is 0 Å². The zero-order valence-corrected chi connectivity index (χ0v) is 9.32. The van der Waals surface area contributed by atoms with E-state index >= 15 is 0 Å². The fourth-order valence-electron chi connectivity index (χ4n) is 1.06. The zero-order chi connectivity index (χ0) is 10.6. The number of amides is 1. The first kappa shape index (κ1) is 11.3. The lowest BCUT2D eigenvalue weighted by Gasteiger charge is -2.05. The van der Waals surface area contributed by atoms with E-state index in [0.29, 0.717) is 23.0 Å². The predicted molar refractivity (Wildman–Crippen MR) is 59.2 cm³/mol. The first-order chi connectivity index (χ1) is 6.65. The van der Waals surface area contributed by atoms with E-state index in [0.717, 1.165) is 5.56 Å². The number of carbonyl (C=O) groups excluding carboxylic acids is 1. The normalized spacial score (nSPS) is 9.93. The highest BCUT2D eigenvalue weighted by molar-refractivity contribution is 6.33. The Kier molecular flexibility index (Phi) is 4.23. The molecule has 2 nitrogen and oxygen atoms in total. The monoisotopic (exact) mass is 231 g/mol. The third-order valence-electron chi connectivity index (χ3n) is 1.75. The Balaban J connectivity index is 2.80. The minimum absolute atomic E-state index is 0.185. The summed E-state index contributed by atoms with van der Waals surface area (Å²) in [5.41, 5.74) is 1.52. The van der Waals surface area contributed by atoms with Gasteiger partial charge in [-0.25, -0.2) is 0 Å². The maximum atomic E-state index is 11.5. The number of rotatable bonds is 3. The first-order valence-corrected chi connectivity index (χ1v) is 5.16. The van der Waals surface area contributed by atoms with Crippen LogP contribution in [-0.2, 0) is 0 Å². The fraction of sp³-hybridized carbons (Fsp3) is 0.300. The average Bonchev–Trinajstić information content (AvgIpc) is 2.14. The van der Waals surface area contributed by atoms with Crippen molar-refractivity contribution in [2.45, 2.75) is 6.92 Å². The van der Waals surface area contributed by atoms with Crippen LogP contribution in [0.25, 0.3) is 0 Å². The molecule has 1 amide bonds. The van der Waals surface area contributed by atoms with Crippen molar-refractivity contribution in [2.75, 3.05) is 12.4 Å². The number of hydrogen-bond donors (Lipinski definition) is 1. The Hall–Kier alpha value is -0.730. The number of aryl methyl sites for hydroxylation is 1. The van der Waals surface area contributed by atoms with Crippen LogP contribution in [-0.4, -0.2) is 18.3 Å². The van der Waals surface area contributed by atoms with Crippen LogP contribution in [0.3, 0.4) is 0 Å². The van der Waals surface area contributed by atoms with Crippen molar-refractivity contribution < 1.29 is 4.79 Å². The van der Waals surface area contributed by atoms with Crippen LogP contribution in [0, 0.1) is 6.92 Å². The van der Waals surface area contributed by atoms with E-state index in [-0.39, 0.29) is 5.91 Å². The minimum atomic E-state index is -0.185. The highest BCUT2D eigenvalue weighted by atomic mass is 35.5. The van der Waals surface area contributed by atoms with Crippen molar-refractivity contribution in [1.29, 1.82) is 0 Å². The third-order valence-corrected chi connectivity index (χ3v) is 2.25.